The van der Waals surface area contributed by atoms with Crippen LogP contribution in [0.15, 0.2) is 10.6 Å². The van der Waals surface area contributed by atoms with Crippen LogP contribution in [0.25, 0.3) is 0 Å². The second-order valence-electron chi connectivity index (χ2n) is 5.25. The lowest BCUT2D eigenvalue weighted by atomic mass is 10.5. The van der Waals surface area contributed by atoms with Crippen molar-refractivity contribution in [2.45, 2.75) is 46.6 Å². The third-order valence-electron chi connectivity index (χ3n) is 2.87. The fourth-order valence-electron chi connectivity index (χ4n) is 1.30. The van der Waals surface area contributed by atoms with E-state index in [0.717, 1.165) is 24.8 Å². The maximum Gasteiger partial charge on any atom is 0.255 e. The van der Waals surface area contributed by atoms with Crippen molar-refractivity contribution in [3.63, 3.8) is 0 Å². The van der Waals surface area contributed by atoms with Crippen molar-refractivity contribution >= 4 is 0 Å². The van der Waals surface area contributed by atoms with Gasteiger partial charge in [-0.05, 0) is 44.4 Å². The van der Waals surface area contributed by atoms with Crippen LogP contribution in [0.1, 0.15) is 39.4 Å². The number of ether oxygens (including phenoxy) is 1. The first-order valence-electron chi connectivity index (χ1n) is 7.97. The molecule has 1 aliphatic carbocycles. The molecule has 1 heterocycles. The number of hydrazine groups is 1. The van der Waals surface area contributed by atoms with Gasteiger partial charge < -0.3 is 20.3 Å². The summed E-state index contributed by atoms with van der Waals surface area (Å²) in [7, 11) is 1.96. The molecule has 2 atom stereocenters. The Morgan fingerprint density at radius 2 is 2.05 bits per heavy atom. The van der Waals surface area contributed by atoms with Gasteiger partial charge in [-0.3, -0.25) is 5.43 Å². The summed E-state index contributed by atoms with van der Waals surface area (Å²) in [5.41, 5.74) is 11.1. The summed E-state index contributed by atoms with van der Waals surface area (Å²) >= 11 is 0. The number of nitrogens with one attached hydrogen (secondary N) is 3. The molecule has 0 amide bonds. The average Bonchev–Trinajstić information content (AvgIpc) is 2.97. The average molecular weight is 315 g/mol. The van der Waals surface area contributed by atoms with Crippen LogP contribution >= 0.6 is 0 Å². The molecule has 22 heavy (non-hydrogen) atoms. The fourth-order valence-corrected chi connectivity index (χ4v) is 1.30. The summed E-state index contributed by atoms with van der Waals surface area (Å²) in [5.74, 6) is 2.07. The highest BCUT2D eigenvalue weighted by Gasteiger charge is 2.27. The Morgan fingerprint density at radius 1 is 1.41 bits per heavy atom. The zero-order chi connectivity index (χ0) is 16.8. The molecule has 0 saturated heterocycles. The molecule has 0 bridgehead atoms. The molecular formula is C15H33N5O2. The van der Waals surface area contributed by atoms with Crippen molar-refractivity contribution < 1.29 is 9.26 Å². The highest BCUT2D eigenvalue weighted by molar-refractivity contribution is 5.08. The molecule has 1 aromatic heterocycles. The van der Waals surface area contributed by atoms with Crippen LogP contribution in [0.4, 0.5) is 0 Å². The van der Waals surface area contributed by atoms with E-state index in [1.807, 2.05) is 20.9 Å². The molecule has 1 fully saturated rings. The summed E-state index contributed by atoms with van der Waals surface area (Å²) in [4.78, 5) is 0. The van der Waals surface area contributed by atoms with Crippen molar-refractivity contribution in [2.24, 2.45) is 11.7 Å². The zero-order valence-electron chi connectivity index (χ0n) is 14.6. The third-order valence-corrected chi connectivity index (χ3v) is 2.87. The number of nitrogens with zero attached hydrogens (tertiary/aromatic N) is 1. The highest BCUT2D eigenvalue weighted by Crippen LogP contribution is 2.25. The smallest absolute Gasteiger partial charge is 0.255 e. The van der Waals surface area contributed by atoms with Gasteiger partial charge >= 0.3 is 0 Å². The second-order valence-corrected chi connectivity index (χ2v) is 5.25. The van der Waals surface area contributed by atoms with Gasteiger partial charge in [0.05, 0.1) is 0 Å². The summed E-state index contributed by atoms with van der Waals surface area (Å²) in [6.45, 7) is 10.5. The minimum absolute atomic E-state index is 0.375. The van der Waals surface area contributed by atoms with E-state index in [9.17, 15) is 0 Å². The molecule has 1 aliphatic rings. The Balaban J connectivity index is 0.000000363. The monoisotopic (exact) mass is 315 g/mol. The van der Waals surface area contributed by atoms with Gasteiger partial charge in [-0.15, -0.1) is 0 Å². The summed E-state index contributed by atoms with van der Waals surface area (Å²) in [6.07, 6.45) is 2.48. The van der Waals surface area contributed by atoms with Crippen molar-refractivity contribution in [1.82, 2.24) is 21.3 Å². The van der Waals surface area contributed by atoms with Gasteiger partial charge in [-0.2, -0.15) is 0 Å². The molecular weight excluding hydrogens is 282 g/mol. The van der Waals surface area contributed by atoms with Crippen LogP contribution in [0.2, 0.25) is 0 Å². The molecule has 2 unspecified atom stereocenters. The molecule has 0 spiro atoms. The van der Waals surface area contributed by atoms with Gasteiger partial charge in [0.1, 0.15) is 5.76 Å². The van der Waals surface area contributed by atoms with E-state index in [2.05, 4.69) is 35.2 Å². The predicted octanol–water partition coefficient (Wildman–Crippen LogP) is 1.40. The first kappa shape index (κ1) is 20.9. The van der Waals surface area contributed by atoms with Gasteiger partial charge in [0.15, 0.2) is 6.73 Å². The quantitative estimate of drug-likeness (QED) is 0.343. The molecule has 5 N–H and O–H groups in total. The molecule has 0 radical (unpaired) electrons. The lowest BCUT2D eigenvalue weighted by Crippen LogP contribution is -2.34. The Kier molecular flexibility index (Phi) is 12.8. The van der Waals surface area contributed by atoms with E-state index < -0.39 is 0 Å². The lowest BCUT2D eigenvalue weighted by Gasteiger charge is -2.03. The first-order valence-corrected chi connectivity index (χ1v) is 7.97. The standard InChI is InChI=1S/C7H13N3O2.C4H9N.C4H11N/c1-3-8-9-5-11-7-4-6(2)12-10-7;1-3-2-4(3)5;1-3-4-5-2/h4,8-9H,3,5H2,1-2H3;3-4H,2,5H2,1H3;5H,3-4H2,1-2H3. The van der Waals surface area contributed by atoms with E-state index >= 15 is 0 Å². The second kappa shape index (κ2) is 13.5. The van der Waals surface area contributed by atoms with Crippen LogP contribution in [0.5, 0.6) is 5.88 Å². The number of nitrogens with two attached hydrogens (primary N) is 1. The van der Waals surface area contributed by atoms with Crippen LogP contribution < -0.4 is 26.6 Å². The number of hydrogen-bond donors (Lipinski definition) is 4. The number of aromatic nitrogens is 1. The molecule has 7 heteroatoms. The first-order chi connectivity index (χ1) is 10.5. The molecule has 0 aliphatic heterocycles. The molecule has 2 rings (SSSR count). The molecule has 1 aromatic rings. The Morgan fingerprint density at radius 3 is 2.36 bits per heavy atom. The van der Waals surface area contributed by atoms with E-state index in [4.69, 9.17) is 15.0 Å². The molecule has 130 valence electrons. The van der Waals surface area contributed by atoms with Gasteiger partial charge in [0.2, 0.25) is 0 Å². The van der Waals surface area contributed by atoms with Crippen molar-refractivity contribution in [3.05, 3.63) is 11.8 Å². The maximum absolute atomic E-state index is 5.37. The van der Waals surface area contributed by atoms with Gasteiger partial charge in [-0.25, -0.2) is 5.43 Å². The highest BCUT2D eigenvalue weighted by atomic mass is 16.5. The van der Waals surface area contributed by atoms with Crippen molar-refractivity contribution in [1.29, 1.82) is 0 Å². The summed E-state index contributed by atoms with van der Waals surface area (Å²) in [6, 6.07) is 2.28. The topological polar surface area (TPSA) is 97.4 Å². The Hall–Kier alpha value is -1.15. The van der Waals surface area contributed by atoms with Crippen LogP contribution in [-0.2, 0) is 0 Å². The van der Waals surface area contributed by atoms with E-state index in [-0.39, 0.29) is 0 Å². The fraction of sp³-hybridized carbons (Fsp3) is 0.800. The summed E-state index contributed by atoms with van der Waals surface area (Å²) < 4.78 is 9.95. The van der Waals surface area contributed by atoms with Gasteiger partial charge in [-0.1, -0.05) is 20.8 Å². The minimum Gasteiger partial charge on any atom is -0.458 e. The summed E-state index contributed by atoms with van der Waals surface area (Å²) in [5, 5.41) is 6.67. The minimum atomic E-state index is 0.375. The maximum atomic E-state index is 5.37. The van der Waals surface area contributed by atoms with Crippen LogP contribution in [0.3, 0.4) is 0 Å². The van der Waals surface area contributed by atoms with E-state index in [1.54, 1.807) is 6.07 Å². The number of hydrogen-bond acceptors (Lipinski definition) is 7. The van der Waals surface area contributed by atoms with Crippen molar-refractivity contribution in [3.8, 4) is 5.88 Å². The van der Waals surface area contributed by atoms with Crippen LogP contribution in [-0.4, -0.2) is 38.1 Å². The number of rotatable bonds is 7. The van der Waals surface area contributed by atoms with Crippen molar-refractivity contribution in [2.75, 3.05) is 26.9 Å². The zero-order valence-corrected chi connectivity index (χ0v) is 14.6. The lowest BCUT2D eigenvalue weighted by molar-refractivity contribution is 0.237. The van der Waals surface area contributed by atoms with E-state index in [1.165, 1.54) is 12.8 Å². The molecule has 7 nitrogen and oxygen atoms in total. The predicted molar refractivity (Wildman–Crippen MR) is 89.5 cm³/mol. The largest absolute Gasteiger partial charge is 0.458 e. The van der Waals surface area contributed by atoms with Gasteiger partial charge in [0.25, 0.3) is 5.88 Å². The Bertz CT molecular complexity index is 351. The van der Waals surface area contributed by atoms with Gasteiger partial charge in [0, 0.05) is 18.7 Å². The third kappa shape index (κ3) is 12.6. The van der Waals surface area contributed by atoms with Crippen LogP contribution in [0, 0.1) is 12.8 Å². The normalized spacial score (nSPS) is 18.6. The SMILES string of the molecule is CC1CC1N.CCCNC.CCNNCOc1cc(C)on1. The Labute approximate surface area is 134 Å². The number of aryl methyl sites for hydroxylation is 1. The molecule has 1 saturated carbocycles. The molecule has 0 aromatic carbocycles. The van der Waals surface area contributed by atoms with E-state index in [0.29, 0.717) is 18.7 Å².